The number of rotatable bonds is 2. The highest BCUT2D eigenvalue weighted by Crippen LogP contribution is 2.48. The highest BCUT2D eigenvalue weighted by atomic mass is 28.3. The van der Waals surface area contributed by atoms with Crippen molar-refractivity contribution in [3.8, 4) is 44.9 Å². The van der Waals surface area contributed by atoms with Crippen molar-refractivity contribution in [1.29, 1.82) is 0 Å². The van der Waals surface area contributed by atoms with Gasteiger partial charge in [-0.05, 0) is 100 Å². The molecule has 15 rings (SSSR count). The lowest BCUT2D eigenvalue weighted by atomic mass is 9.33. The molecule has 0 fully saturated rings. The largest absolute Gasteiger partial charge is 0.416 e. The average Bonchev–Trinajstić information content (AvgIpc) is 3.96. The Labute approximate surface area is 373 Å². The average molecular weight is 883 g/mol. The van der Waals surface area contributed by atoms with Crippen LogP contribution in [0.3, 0.4) is 0 Å². The fraction of sp³-hybridized carbons (Fsp3) is 0.0357. The summed E-state index contributed by atoms with van der Waals surface area (Å²) in [5.41, 5.74) is 9.95. The molecule has 312 valence electrons. The number of hydrogen-bond acceptors (Lipinski definition) is 0. The van der Waals surface area contributed by atoms with Crippen LogP contribution < -0.4 is 37.1 Å². The summed E-state index contributed by atoms with van der Waals surface area (Å²) in [5.74, 6) is 0. The van der Waals surface area contributed by atoms with Crippen LogP contribution in [0.15, 0.2) is 176 Å². The Morgan fingerprint density at radius 2 is 1.02 bits per heavy atom. The smallest absolute Gasteiger partial charge is 0.310 e. The maximum absolute atomic E-state index is 15.6. The second-order valence-electron chi connectivity index (χ2n) is 18.1. The minimum atomic E-state index is -4.79. The maximum Gasteiger partial charge on any atom is 0.416 e. The summed E-state index contributed by atoms with van der Waals surface area (Å²) in [4.78, 5) is 0. The van der Waals surface area contributed by atoms with E-state index in [4.69, 9.17) is 0 Å². The van der Waals surface area contributed by atoms with Crippen LogP contribution in [0.1, 0.15) is 11.1 Å². The van der Waals surface area contributed by atoms with Crippen molar-refractivity contribution in [2.75, 3.05) is 0 Å². The molecule has 11 aromatic rings. The van der Waals surface area contributed by atoms with Gasteiger partial charge in [-0.15, -0.1) is 0 Å². The monoisotopic (exact) mass is 882 g/mol. The van der Waals surface area contributed by atoms with Crippen molar-refractivity contribution in [2.45, 2.75) is 12.4 Å². The van der Waals surface area contributed by atoms with E-state index in [1.807, 2.05) is 72.8 Å². The molecule has 6 heterocycles. The maximum atomic E-state index is 15.6. The van der Waals surface area contributed by atoms with E-state index in [9.17, 15) is 0 Å². The third-order valence-corrected chi connectivity index (χ3v) is 20.0. The Hall–Kier alpha value is -7.56. The highest BCUT2D eigenvalue weighted by Gasteiger charge is 2.57. The zero-order valence-electron chi connectivity index (χ0n) is 34.5. The van der Waals surface area contributed by atoms with E-state index < -0.39 is 38.3 Å². The first-order chi connectivity index (χ1) is 32.0. The molecule has 2 aromatic heterocycles. The van der Waals surface area contributed by atoms with Crippen molar-refractivity contribution in [3.63, 3.8) is 0 Å². The van der Waals surface area contributed by atoms with E-state index >= 15 is 26.3 Å². The molecule has 0 saturated heterocycles. The molecule has 0 bridgehead atoms. The van der Waals surface area contributed by atoms with Gasteiger partial charge in [0, 0.05) is 38.6 Å². The summed E-state index contributed by atoms with van der Waals surface area (Å²) in [5, 5.41) is 6.57. The normalized spacial score (nSPS) is 14.6. The van der Waals surface area contributed by atoms with Gasteiger partial charge < -0.3 is 9.13 Å². The second kappa shape index (κ2) is 12.0. The number of hydrogen-bond donors (Lipinski definition) is 0. The molecule has 10 heteroatoms. The number of benzene rings is 9. The molecule has 9 aromatic carbocycles. The molecular weight excluding hydrogens is 854 g/mol. The Morgan fingerprint density at radius 1 is 0.424 bits per heavy atom. The minimum absolute atomic E-state index is 0.169. The molecule has 0 aliphatic carbocycles. The molecule has 0 amide bonds. The van der Waals surface area contributed by atoms with E-state index in [2.05, 4.69) is 88.0 Å². The number of aromatic nitrogens is 2. The van der Waals surface area contributed by atoms with Gasteiger partial charge in [0.1, 0.15) is 0 Å². The van der Waals surface area contributed by atoms with Gasteiger partial charge in [0.2, 0.25) is 0 Å². The van der Waals surface area contributed by atoms with Gasteiger partial charge in [-0.25, -0.2) is 0 Å². The second-order valence-corrected chi connectivity index (χ2v) is 21.7. The van der Waals surface area contributed by atoms with Gasteiger partial charge in [0.15, 0.2) is 8.07 Å². The summed E-state index contributed by atoms with van der Waals surface area (Å²) in [7, 11) is -3.68. The van der Waals surface area contributed by atoms with Crippen LogP contribution in [-0.2, 0) is 12.4 Å². The van der Waals surface area contributed by atoms with Crippen LogP contribution in [-0.4, -0.2) is 23.9 Å². The van der Waals surface area contributed by atoms with Gasteiger partial charge in [-0.1, -0.05) is 146 Å². The first-order valence-corrected chi connectivity index (χ1v) is 23.9. The fourth-order valence-electron chi connectivity index (χ4n) is 12.8. The lowest BCUT2D eigenvalue weighted by Gasteiger charge is -2.43. The SMILES string of the molecule is FC(F)(F)c1cc2c3c(c1)c1cc(C(F)(F)F)cc4c1n3-c1c(ccc3c1B2c1c2ccccc2cc2c(-c5ccccc5)c(-c5ccccc5)n-3c12)[Si]41c2ccccc2-c2ccccc21. The first kappa shape index (κ1) is 36.7. The van der Waals surface area contributed by atoms with E-state index in [0.29, 0.717) is 21.7 Å². The molecule has 66 heavy (non-hydrogen) atoms. The summed E-state index contributed by atoms with van der Waals surface area (Å²) in [6, 6.07) is 56.0. The van der Waals surface area contributed by atoms with E-state index in [0.717, 1.165) is 105 Å². The third-order valence-electron chi connectivity index (χ3n) is 15.1. The molecule has 0 radical (unpaired) electrons. The van der Waals surface area contributed by atoms with Crippen molar-refractivity contribution in [2.24, 2.45) is 0 Å². The molecular formula is C56H29BF6N2Si. The molecule has 0 N–H and O–H groups in total. The quantitative estimate of drug-likeness (QED) is 0.121. The Balaban J connectivity index is 1.24. The predicted octanol–water partition coefficient (Wildman–Crippen LogP) is 10.1. The standard InChI is InChI=1S/C56H29BF6N2Si/c58-55(59,60)33-26-38-39-27-34(56(61,62)63)29-46-52(39)65-51(38)41(28-33)57-48-35-18-8-7-17-32(35)25-40-47(30-13-3-1-4-14-30)50(31-15-5-2-6-16-31)64(53(40)48)42-23-24-45(54(65)49(42)57)66(46)43-21-11-9-19-36(43)37-20-10-12-22-44(37)66/h1-29H. The number of nitrogens with zero attached hydrogens (tertiary/aromatic N) is 2. The summed E-state index contributed by atoms with van der Waals surface area (Å²) in [6.45, 7) is -0.721. The molecule has 4 aliphatic heterocycles. The predicted molar refractivity (Wildman–Crippen MR) is 257 cm³/mol. The van der Waals surface area contributed by atoms with Crippen LogP contribution in [0.2, 0.25) is 0 Å². The van der Waals surface area contributed by atoms with Gasteiger partial charge in [-0.2, -0.15) is 26.3 Å². The van der Waals surface area contributed by atoms with E-state index in [1.54, 1.807) is 0 Å². The van der Waals surface area contributed by atoms with Gasteiger partial charge in [-0.3, -0.25) is 0 Å². The number of halogens is 6. The zero-order chi connectivity index (χ0) is 44.2. The third kappa shape index (κ3) is 4.23. The molecule has 1 spiro atoms. The number of fused-ring (bicyclic) bond motifs is 13. The first-order valence-electron chi connectivity index (χ1n) is 21.9. The van der Waals surface area contributed by atoms with Crippen LogP contribution in [0.5, 0.6) is 0 Å². The van der Waals surface area contributed by atoms with Crippen molar-refractivity contribution in [1.82, 2.24) is 9.13 Å². The zero-order valence-corrected chi connectivity index (χ0v) is 35.5. The van der Waals surface area contributed by atoms with Crippen molar-refractivity contribution in [3.05, 3.63) is 187 Å². The summed E-state index contributed by atoms with van der Waals surface area (Å²) in [6.07, 6.45) is -9.57. The van der Waals surface area contributed by atoms with Crippen molar-refractivity contribution < 1.29 is 26.3 Å². The minimum Gasteiger partial charge on any atom is -0.310 e. The molecule has 2 nitrogen and oxygen atoms in total. The topological polar surface area (TPSA) is 9.86 Å². The van der Waals surface area contributed by atoms with E-state index in [1.165, 1.54) is 12.1 Å². The molecule has 0 unspecified atom stereocenters. The summed E-state index contributed by atoms with van der Waals surface area (Å²) < 4.78 is 97.7. The van der Waals surface area contributed by atoms with Crippen molar-refractivity contribution >= 4 is 95.4 Å². The fourth-order valence-corrected chi connectivity index (χ4v) is 18.4. The molecule has 0 saturated carbocycles. The van der Waals surface area contributed by atoms with Crippen LogP contribution >= 0.6 is 0 Å². The van der Waals surface area contributed by atoms with Crippen LogP contribution in [0, 0.1) is 0 Å². The summed E-state index contributed by atoms with van der Waals surface area (Å²) >= 11 is 0. The Kier molecular flexibility index (Phi) is 6.69. The van der Waals surface area contributed by atoms with Gasteiger partial charge >= 0.3 is 12.4 Å². The van der Waals surface area contributed by atoms with Gasteiger partial charge in [0.05, 0.1) is 27.9 Å². The molecule has 4 aliphatic rings. The lowest BCUT2D eigenvalue weighted by Crippen LogP contribution is -2.77. The van der Waals surface area contributed by atoms with Crippen LogP contribution in [0.4, 0.5) is 26.3 Å². The van der Waals surface area contributed by atoms with Crippen LogP contribution in [0.25, 0.3) is 88.4 Å². The Bertz CT molecular complexity index is 3990. The lowest BCUT2D eigenvalue weighted by molar-refractivity contribution is -0.138. The van der Waals surface area contributed by atoms with Gasteiger partial charge in [0.25, 0.3) is 6.71 Å². The molecule has 0 atom stereocenters. The highest BCUT2D eigenvalue weighted by molar-refractivity contribution is 7.24. The van der Waals surface area contributed by atoms with E-state index in [-0.39, 0.29) is 10.8 Å². The number of alkyl halides is 6. The Morgan fingerprint density at radius 3 is 1.70 bits per heavy atom.